The molecule has 6 heteroatoms. The molecule has 0 fully saturated rings. The lowest BCUT2D eigenvalue weighted by Gasteiger charge is -2.18. The molecule has 0 rings (SSSR count). The van der Waals surface area contributed by atoms with Gasteiger partial charge in [-0.3, -0.25) is 14.4 Å². The van der Waals surface area contributed by atoms with E-state index >= 15 is 0 Å². The van der Waals surface area contributed by atoms with Crippen LogP contribution in [0, 0.1) is 0 Å². The molecular weight excluding hydrogens is 793 g/mol. The van der Waals surface area contributed by atoms with E-state index in [2.05, 4.69) is 51.2 Å². The summed E-state index contributed by atoms with van der Waals surface area (Å²) in [6, 6.07) is 0. The molecule has 0 saturated carbocycles. The molecule has 1 unspecified atom stereocenters. The van der Waals surface area contributed by atoms with Crippen LogP contribution in [-0.4, -0.2) is 37.2 Å². The van der Waals surface area contributed by atoms with Crippen molar-refractivity contribution in [1.82, 2.24) is 0 Å². The van der Waals surface area contributed by atoms with E-state index in [0.29, 0.717) is 19.3 Å². The Morgan fingerprint density at radius 2 is 0.594 bits per heavy atom. The number of hydrogen-bond donors (Lipinski definition) is 0. The summed E-state index contributed by atoms with van der Waals surface area (Å²) in [7, 11) is 0. The van der Waals surface area contributed by atoms with Crippen molar-refractivity contribution in [3.8, 4) is 0 Å². The van der Waals surface area contributed by atoms with Gasteiger partial charge in [0.1, 0.15) is 13.2 Å². The Hall–Kier alpha value is -2.37. The maximum atomic E-state index is 12.8. The van der Waals surface area contributed by atoms with Gasteiger partial charge in [0.15, 0.2) is 6.10 Å². The normalized spacial score (nSPS) is 12.2. The molecule has 64 heavy (non-hydrogen) atoms. The Morgan fingerprint density at radius 1 is 0.312 bits per heavy atom. The van der Waals surface area contributed by atoms with Gasteiger partial charge in [0, 0.05) is 19.3 Å². The summed E-state index contributed by atoms with van der Waals surface area (Å²) in [4.78, 5) is 38.0. The number of allylic oxidation sites excluding steroid dienone is 6. The fourth-order valence-electron chi connectivity index (χ4n) is 8.14. The lowest BCUT2D eigenvalue weighted by Crippen LogP contribution is -2.30. The molecule has 374 valence electrons. The molecule has 0 saturated heterocycles. The minimum Gasteiger partial charge on any atom is -0.462 e. The molecule has 0 aliphatic carbocycles. The van der Waals surface area contributed by atoms with Gasteiger partial charge in [-0.15, -0.1) is 0 Å². The van der Waals surface area contributed by atoms with Crippen LogP contribution in [0.4, 0.5) is 0 Å². The van der Waals surface area contributed by atoms with E-state index in [0.717, 1.165) is 64.2 Å². The maximum Gasteiger partial charge on any atom is 0.306 e. The minimum atomic E-state index is -0.799. The molecule has 0 N–H and O–H groups in total. The predicted octanol–water partition coefficient (Wildman–Crippen LogP) is 18.5. The average molecular weight is 899 g/mol. The molecule has 0 radical (unpaired) electrons. The Labute approximate surface area is 397 Å². The van der Waals surface area contributed by atoms with Crippen LogP contribution in [0.15, 0.2) is 36.5 Å². The van der Waals surface area contributed by atoms with Crippen LogP contribution in [-0.2, 0) is 28.6 Å². The van der Waals surface area contributed by atoms with Gasteiger partial charge in [0.05, 0.1) is 0 Å². The largest absolute Gasteiger partial charge is 0.462 e. The number of hydrogen-bond acceptors (Lipinski definition) is 6. The summed E-state index contributed by atoms with van der Waals surface area (Å²) in [5.74, 6) is -0.965. The van der Waals surface area contributed by atoms with Crippen molar-refractivity contribution in [3.63, 3.8) is 0 Å². The molecule has 1 atom stereocenters. The summed E-state index contributed by atoms with van der Waals surface area (Å²) in [5, 5.41) is 0. The molecule has 6 nitrogen and oxygen atoms in total. The van der Waals surface area contributed by atoms with Gasteiger partial charge in [0.25, 0.3) is 0 Å². The zero-order valence-corrected chi connectivity index (χ0v) is 42.8. The van der Waals surface area contributed by atoms with E-state index in [-0.39, 0.29) is 37.5 Å². The quantitative estimate of drug-likeness (QED) is 0.0262. The lowest BCUT2D eigenvalue weighted by molar-refractivity contribution is -0.166. The van der Waals surface area contributed by atoms with Crippen molar-refractivity contribution < 1.29 is 28.6 Å². The fraction of sp³-hybridized carbons (Fsp3) is 0.845. The van der Waals surface area contributed by atoms with E-state index in [4.69, 9.17) is 14.2 Å². The molecular formula is C58H106O6. The van der Waals surface area contributed by atoms with Crippen molar-refractivity contribution >= 4 is 17.9 Å². The average Bonchev–Trinajstić information content (AvgIpc) is 3.29. The molecule has 0 bridgehead atoms. The first kappa shape index (κ1) is 61.6. The van der Waals surface area contributed by atoms with E-state index in [1.165, 1.54) is 186 Å². The number of carbonyl (C=O) groups is 3. The van der Waals surface area contributed by atoms with Gasteiger partial charge in [0.2, 0.25) is 0 Å². The van der Waals surface area contributed by atoms with Crippen LogP contribution in [0.2, 0.25) is 0 Å². The summed E-state index contributed by atoms with van der Waals surface area (Å²) < 4.78 is 16.8. The molecule has 0 aromatic rings. The highest BCUT2D eigenvalue weighted by atomic mass is 16.6. The second-order valence-electron chi connectivity index (χ2n) is 18.8. The molecule has 0 amide bonds. The molecule has 0 aromatic heterocycles. The summed E-state index contributed by atoms with van der Waals surface area (Å²) in [6.45, 7) is 6.60. The zero-order valence-electron chi connectivity index (χ0n) is 42.8. The van der Waals surface area contributed by atoms with Gasteiger partial charge in [-0.2, -0.15) is 0 Å². The molecule has 0 aromatic carbocycles. The predicted molar refractivity (Wildman–Crippen MR) is 275 cm³/mol. The third-order valence-corrected chi connectivity index (χ3v) is 12.4. The Kier molecular flexibility index (Phi) is 51.3. The zero-order chi connectivity index (χ0) is 46.5. The Balaban J connectivity index is 4.36. The minimum absolute atomic E-state index is 0.0918. The Bertz CT molecular complexity index is 1080. The van der Waals surface area contributed by atoms with Crippen molar-refractivity contribution in [2.24, 2.45) is 0 Å². The van der Waals surface area contributed by atoms with E-state index in [1.807, 2.05) is 6.08 Å². The van der Waals surface area contributed by atoms with Crippen LogP contribution >= 0.6 is 0 Å². The standard InChI is InChI=1S/C58H106O6/c1-4-7-10-13-16-19-22-25-27-28-29-30-31-34-36-39-42-45-48-51-57(60)63-54-55(53-62-56(59)50-47-44-41-38-35-32-24-21-18-15-12-9-6-3)64-58(61)52-49-46-43-40-37-33-26-23-20-17-14-11-8-5-2/h32-33,35,37,41,44,55H,4-31,34,36,38-40,42-43,45-54H2,1-3H3/b35-32-,37-33-,44-41-. The number of rotatable bonds is 51. The first-order chi connectivity index (χ1) is 31.5. The first-order valence-corrected chi connectivity index (χ1v) is 28.0. The highest BCUT2D eigenvalue weighted by Crippen LogP contribution is 2.16. The Morgan fingerprint density at radius 3 is 0.984 bits per heavy atom. The fourth-order valence-corrected chi connectivity index (χ4v) is 8.14. The van der Waals surface area contributed by atoms with Crippen LogP contribution in [0.3, 0.4) is 0 Å². The van der Waals surface area contributed by atoms with Crippen molar-refractivity contribution in [2.45, 2.75) is 303 Å². The van der Waals surface area contributed by atoms with Gasteiger partial charge in [-0.05, 0) is 64.2 Å². The second kappa shape index (κ2) is 53.2. The van der Waals surface area contributed by atoms with Gasteiger partial charge in [-0.25, -0.2) is 0 Å². The third-order valence-electron chi connectivity index (χ3n) is 12.4. The van der Waals surface area contributed by atoms with Gasteiger partial charge in [-0.1, -0.05) is 250 Å². The van der Waals surface area contributed by atoms with Crippen molar-refractivity contribution in [2.75, 3.05) is 13.2 Å². The number of unbranched alkanes of at least 4 members (excludes halogenated alkanes) is 34. The molecule has 0 spiro atoms. The smallest absolute Gasteiger partial charge is 0.306 e. The molecule has 0 aliphatic heterocycles. The van der Waals surface area contributed by atoms with E-state index < -0.39 is 6.10 Å². The highest BCUT2D eigenvalue weighted by Gasteiger charge is 2.19. The SMILES string of the molecule is CCCCCCCC/C=C\C/C=C\CCC(=O)OCC(COC(=O)CCCCCCCCCCCCCCCCCCCCC)OC(=O)CCCCC/C=C\CCCCCCCCC. The third kappa shape index (κ3) is 50.6. The summed E-state index contributed by atoms with van der Waals surface area (Å²) >= 11 is 0. The number of ether oxygens (including phenoxy) is 3. The maximum absolute atomic E-state index is 12.8. The molecule has 0 aliphatic rings. The van der Waals surface area contributed by atoms with Crippen LogP contribution < -0.4 is 0 Å². The van der Waals surface area contributed by atoms with E-state index in [1.54, 1.807) is 0 Å². The monoisotopic (exact) mass is 899 g/mol. The lowest BCUT2D eigenvalue weighted by atomic mass is 10.0. The van der Waals surface area contributed by atoms with Crippen LogP contribution in [0.1, 0.15) is 297 Å². The topological polar surface area (TPSA) is 78.9 Å². The van der Waals surface area contributed by atoms with Crippen molar-refractivity contribution in [1.29, 1.82) is 0 Å². The molecule has 0 heterocycles. The highest BCUT2D eigenvalue weighted by molar-refractivity contribution is 5.71. The number of carbonyl (C=O) groups excluding carboxylic acids is 3. The second-order valence-corrected chi connectivity index (χ2v) is 18.8. The number of esters is 3. The summed E-state index contributed by atoms with van der Waals surface area (Å²) in [6.07, 6.45) is 62.9. The first-order valence-electron chi connectivity index (χ1n) is 28.0. The van der Waals surface area contributed by atoms with Crippen LogP contribution in [0.5, 0.6) is 0 Å². The van der Waals surface area contributed by atoms with E-state index in [9.17, 15) is 14.4 Å². The van der Waals surface area contributed by atoms with Crippen molar-refractivity contribution in [3.05, 3.63) is 36.5 Å². The van der Waals surface area contributed by atoms with Crippen LogP contribution in [0.25, 0.3) is 0 Å². The van der Waals surface area contributed by atoms with Gasteiger partial charge >= 0.3 is 17.9 Å². The van der Waals surface area contributed by atoms with Gasteiger partial charge < -0.3 is 14.2 Å². The summed E-state index contributed by atoms with van der Waals surface area (Å²) in [5.41, 5.74) is 0.